The molecule has 1 aromatic heterocycles. The van der Waals surface area contributed by atoms with Gasteiger partial charge in [0.25, 0.3) is 5.91 Å². The number of amides is 3. The molecule has 0 aliphatic carbocycles. The molecule has 3 unspecified atom stereocenters. The number of carbonyl (C=O) groups is 4. The normalized spacial score (nSPS) is 13.1. The SMILES string of the molecule is COC(=O)c1ccc(OCCOCCOCCOCCNC(=O)C(CC(C)C)NC(=O)C(O)C(Cc2ccccc2)NC(=O)OC(C)(C)C)cn1. The lowest BCUT2D eigenvalue weighted by Crippen LogP contribution is -2.56. The molecule has 0 spiro atoms. The van der Waals surface area contributed by atoms with E-state index >= 15 is 0 Å². The van der Waals surface area contributed by atoms with E-state index in [4.69, 9.17) is 23.7 Å². The van der Waals surface area contributed by atoms with Crippen molar-refractivity contribution in [2.75, 3.05) is 59.9 Å². The van der Waals surface area contributed by atoms with E-state index in [1.807, 2.05) is 44.2 Å². The molecule has 0 bridgehead atoms. The fraction of sp³-hybridized carbons (Fsp3) is 0.583. The lowest BCUT2D eigenvalue weighted by molar-refractivity contribution is -0.135. The van der Waals surface area contributed by atoms with Crippen LogP contribution < -0.4 is 20.7 Å². The van der Waals surface area contributed by atoms with E-state index < -0.39 is 47.7 Å². The molecule has 51 heavy (non-hydrogen) atoms. The zero-order chi connectivity index (χ0) is 37.6. The van der Waals surface area contributed by atoms with Crippen molar-refractivity contribution in [1.82, 2.24) is 20.9 Å². The number of benzene rings is 1. The highest BCUT2D eigenvalue weighted by molar-refractivity contribution is 5.90. The number of hydrogen-bond donors (Lipinski definition) is 4. The average Bonchev–Trinajstić information content (AvgIpc) is 3.08. The Morgan fingerprint density at radius 1 is 0.824 bits per heavy atom. The fourth-order valence-electron chi connectivity index (χ4n) is 4.53. The van der Waals surface area contributed by atoms with Gasteiger partial charge >= 0.3 is 12.1 Å². The van der Waals surface area contributed by atoms with Crippen molar-refractivity contribution >= 4 is 23.9 Å². The molecule has 15 heteroatoms. The number of aliphatic hydroxyl groups is 1. The number of hydrogen-bond acceptors (Lipinski definition) is 12. The van der Waals surface area contributed by atoms with Crippen LogP contribution in [0.3, 0.4) is 0 Å². The highest BCUT2D eigenvalue weighted by atomic mass is 16.6. The van der Waals surface area contributed by atoms with Crippen molar-refractivity contribution < 1.29 is 52.7 Å². The van der Waals surface area contributed by atoms with Crippen molar-refractivity contribution in [1.29, 1.82) is 0 Å². The molecule has 3 atom stereocenters. The Kier molecular flexibility index (Phi) is 19.5. The van der Waals surface area contributed by atoms with Gasteiger partial charge in [-0.15, -0.1) is 0 Å². The molecule has 0 fully saturated rings. The molecule has 15 nitrogen and oxygen atoms in total. The Bertz CT molecular complexity index is 1320. The summed E-state index contributed by atoms with van der Waals surface area (Å²) < 4.78 is 31.9. The maximum atomic E-state index is 13.2. The van der Waals surface area contributed by atoms with Gasteiger partial charge in [-0.3, -0.25) is 9.59 Å². The van der Waals surface area contributed by atoms with Crippen LogP contribution in [0.15, 0.2) is 48.7 Å². The van der Waals surface area contributed by atoms with Crippen LogP contribution in [-0.4, -0.2) is 118 Å². The number of ether oxygens (including phenoxy) is 6. The summed E-state index contributed by atoms with van der Waals surface area (Å²) in [6.45, 7) is 11.4. The summed E-state index contributed by atoms with van der Waals surface area (Å²) in [6, 6.07) is 10.3. The van der Waals surface area contributed by atoms with Gasteiger partial charge in [0, 0.05) is 6.54 Å². The molecule has 2 aromatic rings. The lowest BCUT2D eigenvalue weighted by Gasteiger charge is -2.28. The molecule has 1 heterocycles. The summed E-state index contributed by atoms with van der Waals surface area (Å²) in [7, 11) is 1.29. The topological polar surface area (TPSA) is 193 Å². The Morgan fingerprint density at radius 2 is 1.45 bits per heavy atom. The Hall–Kier alpha value is -4.31. The van der Waals surface area contributed by atoms with Crippen molar-refractivity contribution in [3.8, 4) is 5.75 Å². The quantitative estimate of drug-likeness (QED) is 0.0971. The number of aliphatic hydroxyl groups excluding tert-OH is 1. The highest BCUT2D eigenvalue weighted by Crippen LogP contribution is 2.13. The van der Waals surface area contributed by atoms with Crippen LogP contribution in [0, 0.1) is 5.92 Å². The summed E-state index contributed by atoms with van der Waals surface area (Å²) in [5, 5.41) is 19.1. The number of pyridine rings is 1. The Labute approximate surface area is 300 Å². The number of nitrogens with zero attached hydrogens (tertiary/aromatic N) is 1. The third kappa shape index (κ3) is 18.5. The molecular weight excluding hydrogens is 664 g/mol. The van der Waals surface area contributed by atoms with E-state index in [1.165, 1.54) is 19.4 Å². The predicted molar refractivity (Wildman–Crippen MR) is 187 cm³/mol. The zero-order valence-corrected chi connectivity index (χ0v) is 30.5. The molecular formula is C36H54N4O11. The van der Waals surface area contributed by atoms with E-state index in [1.54, 1.807) is 26.8 Å². The first-order valence-electron chi connectivity index (χ1n) is 17.0. The predicted octanol–water partition coefficient (Wildman–Crippen LogP) is 2.44. The monoisotopic (exact) mass is 718 g/mol. The second-order valence-corrected chi connectivity index (χ2v) is 12.9. The van der Waals surface area contributed by atoms with E-state index in [2.05, 4.69) is 25.7 Å². The van der Waals surface area contributed by atoms with Crippen LogP contribution in [-0.2, 0) is 39.7 Å². The number of esters is 1. The summed E-state index contributed by atoms with van der Waals surface area (Å²) in [6.07, 6.45) is -0.496. The van der Waals surface area contributed by atoms with Crippen LogP contribution in [0.5, 0.6) is 5.75 Å². The molecule has 0 saturated carbocycles. The second kappa shape index (κ2) is 23.2. The number of alkyl carbamates (subject to hydrolysis) is 1. The molecule has 0 aliphatic heterocycles. The van der Waals surface area contributed by atoms with Crippen molar-refractivity contribution in [3.63, 3.8) is 0 Å². The average molecular weight is 719 g/mol. The van der Waals surface area contributed by atoms with Gasteiger partial charge in [-0.1, -0.05) is 44.2 Å². The van der Waals surface area contributed by atoms with Crippen LogP contribution >= 0.6 is 0 Å². The van der Waals surface area contributed by atoms with Gasteiger partial charge in [0.2, 0.25) is 5.91 Å². The first kappa shape index (κ1) is 42.9. The maximum Gasteiger partial charge on any atom is 0.407 e. The molecule has 0 radical (unpaired) electrons. The first-order valence-corrected chi connectivity index (χ1v) is 17.0. The minimum Gasteiger partial charge on any atom is -0.490 e. The first-order chi connectivity index (χ1) is 24.3. The van der Waals surface area contributed by atoms with Crippen LogP contribution in [0.1, 0.15) is 57.1 Å². The van der Waals surface area contributed by atoms with Gasteiger partial charge in [-0.25, -0.2) is 14.6 Å². The molecule has 4 N–H and O–H groups in total. The summed E-state index contributed by atoms with van der Waals surface area (Å²) in [5.41, 5.74) is 0.214. The maximum absolute atomic E-state index is 13.2. The molecule has 0 aliphatic rings. The molecule has 284 valence electrons. The van der Waals surface area contributed by atoms with Crippen LogP contribution in [0.2, 0.25) is 0 Å². The molecule has 1 aromatic carbocycles. The lowest BCUT2D eigenvalue weighted by atomic mass is 9.99. The third-order valence-corrected chi connectivity index (χ3v) is 6.91. The van der Waals surface area contributed by atoms with Gasteiger partial charge < -0.3 is 49.5 Å². The smallest absolute Gasteiger partial charge is 0.407 e. The minimum atomic E-state index is -1.65. The Balaban J connectivity index is 1.68. The standard InChI is InChI=1S/C36H54N4O11/c1-25(2)22-30(39-33(43)31(41)29(23-26-10-8-7-9-11-26)40-35(45)51-36(3,4)5)32(42)37-14-15-47-16-17-48-18-19-49-20-21-50-27-12-13-28(38-24-27)34(44)46-6/h7-13,24-25,29-31,41H,14-23H2,1-6H3,(H,37,42)(H,39,43)(H,40,45). The number of methoxy groups -OCH3 is 1. The van der Waals surface area contributed by atoms with Gasteiger partial charge in [0.1, 0.15) is 29.7 Å². The van der Waals surface area contributed by atoms with E-state index in [-0.39, 0.29) is 31.2 Å². The number of rotatable bonds is 23. The molecule has 0 saturated heterocycles. The number of carbonyl (C=O) groups excluding carboxylic acids is 4. The summed E-state index contributed by atoms with van der Waals surface area (Å²) >= 11 is 0. The number of nitrogens with one attached hydrogen (secondary N) is 3. The van der Waals surface area contributed by atoms with Crippen LogP contribution in [0.4, 0.5) is 4.79 Å². The number of aromatic nitrogens is 1. The second-order valence-electron chi connectivity index (χ2n) is 12.9. The fourth-order valence-corrected chi connectivity index (χ4v) is 4.53. The van der Waals surface area contributed by atoms with Crippen LogP contribution in [0.25, 0.3) is 0 Å². The highest BCUT2D eigenvalue weighted by Gasteiger charge is 2.32. The zero-order valence-electron chi connectivity index (χ0n) is 30.5. The minimum absolute atomic E-state index is 0.0621. The van der Waals surface area contributed by atoms with Crippen molar-refractivity contribution in [3.05, 3.63) is 59.9 Å². The van der Waals surface area contributed by atoms with Crippen molar-refractivity contribution in [2.24, 2.45) is 5.92 Å². The van der Waals surface area contributed by atoms with E-state index in [9.17, 15) is 24.3 Å². The van der Waals surface area contributed by atoms with Gasteiger partial charge in [-0.2, -0.15) is 0 Å². The van der Waals surface area contributed by atoms with Gasteiger partial charge in [-0.05, 0) is 57.2 Å². The van der Waals surface area contributed by atoms with E-state index in [0.717, 1.165) is 5.56 Å². The van der Waals surface area contributed by atoms with E-state index in [0.29, 0.717) is 51.8 Å². The largest absolute Gasteiger partial charge is 0.490 e. The van der Waals surface area contributed by atoms with Gasteiger partial charge in [0.05, 0.1) is 59.0 Å². The van der Waals surface area contributed by atoms with Crippen molar-refractivity contribution in [2.45, 2.75) is 71.2 Å². The summed E-state index contributed by atoms with van der Waals surface area (Å²) in [5.74, 6) is -1.16. The third-order valence-electron chi connectivity index (χ3n) is 6.91. The summed E-state index contributed by atoms with van der Waals surface area (Å²) in [4.78, 5) is 54.2. The Morgan fingerprint density at radius 3 is 2.02 bits per heavy atom. The molecule has 3 amide bonds. The van der Waals surface area contributed by atoms with Gasteiger partial charge in [0.15, 0.2) is 6.10 Å². The molecule has 2 rings (SSSR count).